The average molecular weight is 407 g/mol. The Balaban J connectivity index is 1.84. The third kappa shape index (κ3) is 5.33. The molecule has 0 bridgehead atoms. The number of methoxy groups -OCH3 is 1. The van der Waals surface area contributed by atoms with E-state index < -0.39 is 0 Å². The van der Waals surface area contributed by atoms with Gasteiger partial charge in [-0.25, -0.2) is 0 Å². The van der Waals surface area contributed by atoms with Crippen molar-refractivity contribution in [2.45, 2.75) is 13.8 Å². The van der Waals surface area contributed by atoms with Crippen molar-refractivity contribution in [2.75, 3.05) is 12.4 Å². The Morgan fingerprint density at radius 3 is 2.41 bits per heavy atom. The largest absolute Gasteiger partial charge is 0.497 e. The summed E-state index contributed by atoms with van der Waals surface area (Å²) in [4.78, 5) is 26.5. The molecular formula is C23H22N2O3S. The summed E-state index contributed by atoms with van der Waals surface area (Å²) in [5, 5.41) is 7.54. The van der Waals surface area contributed by atoms with E-state index in [1.165, 1.54) is 11.3 Å². The smallest absolute Gasteiger partial charge is 0.272 e. The summed E-state index contributed by atoms with van der Waals surface area (Å²) in [6.07, 6.45) is 1.67. The minimum atomic E-state index is -0.382. The Morgan fingerprint density at radius 1 is 1.03 bits per heavy atom. The maximum atomic E-state index is 12.9. The minimum absolute atomic E-state index is 0.174. The number of thiophene rings is 1. The molecular weight excluding hydrogens is 384 g/mol. The van der Waals surface area contributed by atoms with Gasteiger partial charge in [0.1, 0.15) is 11.4 Å². The van der Waals surface area contributed by atoms with Gasteiger partial charge in [-0.3, -0.25) is 9.59 Å². The molecule has 0 fully saturated rings. The molecule has 0 saturated heterocycles. The number of anilines is 1. The molecule has 1 heterocycles. The zero-order valence-corrected chi connectivity index (χ0v) is 17.3. The number of hydrogen-bond donors (Lipinski definition) is 2. The second kappa shape index (κ2) is 9.21. The lowest BCUT2D eigenvalue weighted by molar-refractivity contribution is -0.113. The van der Waals surface area contributed by atoms with Crippen LogP contribution < -0.4 is 15.4 Å². The Kier molecular flexibility index (Phi) is 6.46. The molecule has 6 heteroatoms. The zero-order chi connectivity index (χ0) is 20.8. The fraction of sp³-hybridized carbons (Fsp3) is 0.130. The summed E-state index contributed by atoms with van der Waals surface area (Å²) in [7, 11) is 1.56. The van der Waals surface area contributed by atoms with Gasteiger partial charge in [0.15, 0.2) is 0 Å². The molecule has 0 atom stereocenters. The number of nitrogens with one attached hydrogen (secondary N) is 2. The summed E-state index contributed by atoms with van der Waals surface area (Å²) in [5.41, 5.74) is 3.38. The molecule has 2 amide bonds. The third-order valence-corrected chi connectivity index (χ3v) is 5.12. The minimum Gasteiger partial charge on any atom is -0.497 e. The number of carbonyl (C=O) groups excluding carboxylic acids is 2. The lowest BCUT2D eigenvalue weighted by Crippen LogP contribution is -2.30. The maximum absolute atomic E-state index is 12.9. The summed E-state index contributed by atoms with van der Waals surface area (Å²) in [6.45, 7) is 3.93. The van der Waals surface area contributed by atoms with Crippen LogP contribution in [-0.4, -0.2) is 18.9 Å². The van der Waals surface area contributed by atoms with Crippen LogP contribution in [0.15, 0.2) is 65.7 Å². The van der Waals surface area contributed by atoms with Crippen LogP contribution in [-0.2, 0) is 4.79 Å². The molecule has 0 aliphatic carbocycles. The Hall–Kier alpha value is -3.38. The third-order valence-electron chi connectivity index (χ3n) is 4.30. The molecule has 0 spiro atoms. The van der Waals surface area contributed by atoms with E-state index in [1.807, 2.05) is 49.6 Å². The lowest BCUT2D eigenvalue weighted by Gasteiger charge is -2.13. The van der Waals surface area contributed by atoms with E-state index in [0.717, 1.165) is 16.0 Å². The molecule has 2 aromatic carbocycles. The molecule has 0 saturated carbocycles. The first-order chi connectivity index (χ1) is 14.0. The maximum Gasteiger partial charge on any atom is 0.272 e. The number of rotatable bonds is 6. The highest BCUT2D eigenvalue weighted by atomic mass is 32.1. The van der Waals surface area contributed by atoms with E-state index in [9.17, 15) is 9.59 Å². The summed E-state index contributed by atoms with van der Waals surface area (Å²) in [5.74, 6) is -0.0954. The van der Waals surface area contributed by atoms with E-state index in [2.05, 4.69) is 10.6 Å². The molecule has 0 aliphatic rings. The van der Waals surface area contributed by atoms with Crippen LogP contribution in [0.25, 0.3) is 6.08 Å². The second-order valence-electron chi connectivity index (χ2n) is 6.53. The standard InChI is InChI=1S/C23H22N2O3S/c1-15-6-11-20(16(2)13-15)24-23(27)21(14-19-5-4-12-29-19)25-22(26)17-7-9-18(28-3)10-8-17/h4-14H,1-3H3,(H,24,27)(H,25,26)/b21-14-. The summed E-state index contributed by atoms with van der Waals surface area (Å²) in [6, 6.07) is 16.3. The fourth-order valence-corrected chi connectivity index (χ4v) is 3.41. The fourth-order valence-electron chi connectivity index (χ4n) is 2.75. The van der Waals surface area contributed by atoms with Crippen molar-refractivity contribution in [3.05, 3.63) is 87.2 Å². The van der Waals surface area contributed by atoms with Gasteiger partial charge in [-0.2, -0.15) is 0 Å². The van der Waals surface area contributed by atoms with E-state index in [1.54, 1.807) is 37.5 Å². The predicted molar refractivity (Wildman–Crippen MR) is 117 cm³/mol. The van der Waals surface area contributed by atoms with Gasteiger partial charge < -0.3 is 15.4 Å². The van der Waals surface area contributed by atoms with Crippen LogP contribution in [0.1, 0.15) is 26.4 Å². The van der Waals surface area contributed by atoms with E-state index in [4.69, 9.17) is 4.74 Å². The van der Waals surface area contributed by atoms with Gasteiger partial charge in [-0.1, -0.05) is 23.8 Å². The topological polar surface area (TPSA) is 67.4 Å². The van der Waals surface area contributed by atoms with E-state index in [0.29, 0.717) is 17.0 Å². The van der Waals surface area contributed by atoms with Crippen LogP contribution in [0.3, 0.4) is 0 Å². The van der Waals surface area contributed by atoms with Crippen LogP contribution in [0.5, 0.6) is 5.75 Å². The highest BCUT2D eigenvalue weighted by Gasteiger charge is 2.16. The van der Waals surface area contributed by atoms with Gasteiger partial charge in [0.25, 0.3) is 11.8 Å². The van der Waals surface area contributed by atoms with Gasteiger partial charge in [-0.15, -0.1) is 11.3 Å². The van der Waals surface area contributed by atoms with Crippen molar-refractivity contribution < 1.29 is 14.3 Å². The van der Waals surface area contributed by atoms with Crippen LogP contribution in [0.2, 0.25) is 0 Å². The van der Waals surface area contributed by atoms with Crippen molar-refractivity contribution in [3.8, 4) is 5.75 Å². The van der Waals surface area contributed by atoms with Gasteiger partial charge >= 0.3 is 0 Å². The first-order valence-corrected chi connectivity index (χ1v) is 9.93. The number of ether oxygens (including phenoxy) is 1. The zero-order valence-electron chi connectivity index (χ0n) is 16.5. The predicted octanol–water partition coefficient (Wildman–Crippen LogP) is 4.78. The van der Waals surface area contributed by atoms with E-state index >= 15 is 0 Å². The molecule has 2 N–H and O–H groups in total. The monoisotopic (exact) mass is 406 g/mol. The van der Waals surface area contributed by atoms with Gasteiger partial charge in [0.2, 0.25) is 0 Å². The Morgan fingerprint density at radius 2 is 1.79 bits per heavy atom. The van der Waals surface area contributed by atoms with Gasteiger partial charge in [-0.05, 0) is 67.3 Å². The van der Waals surface area contributed by atoms with Crippen molar-refractivity contribution in [1.29, 1.82) is 0 Å². The first-order valence-electron chi connectivity index (χ1n) is 9.05. The van der Waals surface area contributed by atoms with Crippen LogP contribution >= 0.6 is 11.3 Å². The van der Waals surface area contributed by atoms with Crippen molar-refractivity contribution in [2.24, 2.45) is 0 Å². The SMILES string of the molecule is COc1ccc(C(=O)N/C(=C\c2cccs2)C(=O)Nc2ccc(C)cc2C)cc1. The highest BCUT2D eigenvalue weighted by Crippen LogP contribution is 2.19. The molecule has 0 radical (unpaired) electrons. The number of amides is 2. The molecule has 3 aromatic rings. The molecule has 1 aromatic heterocycles. The van der Waals surface area contributed by atoms with Crippen LogP contribution in [0, 0.1) is 13.8 Å². The molecule has 0 aliphatic heterocycles. The van der Waals surface area contributed by atoms with Gasteiger partial charge in [0, 0.05) is 16.1 Å². The lowest BCUT2D eigenvalue weighted by atomic mass is 10.1. The van der Waals surface area contributed by atoms with Crippen molar-refractivity contribution >= 4 is 34.9 Å². The van der Waals surface area contributed by atoms with Crippen molar-refractivity contribution in [1.82, 2.24) is 5.32 Å². The normalized spacial score (nSPS) is 11.1. The molecule has 3 rings (SSSR count). The summed E-state index contributed by atoms with van der Waals surface area (Å²) < 4.78 is 5.12. The second-order valence-corrected chi connectivity index (χ2v) is 7.51. The number of carbonyl (C=O) groups is 2. The van der Waals surface area contributed by atoms with E-state index in [-0.39, 0.29) is 17.5 Å². The Labute approximate surface area is 174 Å². The molecule has 5 nitrogen and oxygen atoms in total. The number of benzene rings is 2. The molecule has 29 heavy (non-hydrogen) atoms. The number of hydrogen-bond acceptors (Lipinski definition) is 4. The quantitative estimate of drug-likeness (QED) is 0.579. The first kappa shape index (κ1) is 20.4. The van der Waals surface area contributed by atoms with Crippen molar-refractivity contribution in [3.63, 3.8) is 0 Å². The average Bonchev–Trinajstić information content (AvgIpc) is 3.22. The van der Waals surface area contributed by atoms with Crippen LogP contribution in [0.4, 0.5) is 5.69 Å². The summed E-state index contributed by atoms with van der Waals surface area (Å²) >= 11 is 1.48. The molecule has 0 unspecified atom stereocenters. The van der Waals surface area contributed by atoms with Gasteiger partial charge in [0.05, 0.1) is 7.11 Å². The number of aryl methyl sites for hydroxylation is 2. The molecule has 148 valence electrons. The highest BCUT2D eigenvalue weighted by molar-refractivity contribution is 7.10. The Bertz CT molecular complexity index is 1040.